The van der Waals surface area contributed by atoms with Crippen molar-refractivity contribution in [1.82, 2.24) is 15.1 Å². The summed E-state index contributed by atoms with van der Waals surface area (Å²) in [6.45, 7) is 4.22. The number of ether oxygens (including phenoxy) is 2. The Morgan fingerprint density at radius 2 is 2.04 bits per heavy atom. The number of benzene rings is 1. The van der Waals surface area contributed by atoms with Crippen LogP contribution in [0.4, 0.5) is 0 Å². The van der Waals surface area contributed by atoms with Crippen molar-refractivity contribution in [3.8, 4) is 11.5 Å². The third kappa shape index (κ3) is 3.81. The highest BCUT2D eigenvalue weighted by molar-refractivity contribution is 5.97. The van der Waals surface area contributed by atoms with Gasteiger partial charge in [-0.25, -0.2) is 0 Å². The van der Waals surface area contributed by atoms with Crippen molar-refractivity contribution in [1.29, 1.82) is 0 Å². The summed E-state index contributed by atoms with van der Waals surface area (Å²) in [5.74, 6) is 1.37. The van der Waals surface area contributed by atoms with Crippen molar-refractivity contribution in [3.05, 3.63) is 65.4 Å². The molecule has 0 bridgehead atoms. The van der Waals surface area contributed by atoms with Crippen LogP contribution < -0.4 is 14.8 Å². The van der Waals surface area contributed by atoms with Crippen LogP contribution in [0.1, 0.15) is 33.5 Å². The maximum absolute atomic E-state index is 12.8. The van der Waals surface area contributed by atoms with Gasteiger partial charge in [-0.2, -0.15) is 5.10 Å². The third-order valence-corrected chi connectivity index (χ3v) is 4.31. The average Bonchev–Trinajstić information content (AvgIpc) is 3.31. The fourth-order valence-corrected chi connectivity index (χ4v) is 3.10. The Morgan fingerprint density at radius 3 is 2.63 bits per heavy atom. The molecule has 0 fully saturated rings. The second kappa shape index (κ2) is 7.99. The Morgan fingerprint density at radius 1 is 1.22 bits per heavy atom. The van der Waals surface area contributed by atoms with Gasteiger partial charge >= 0.3 is 0 Å². The highest BCUT2D eigenvalue weighted by Crippen LogP contribution is 2.30. The average molecular weight is 369 g/mol. The molecular formula is C20H23N3O4. The number of carbonyl (C=O) groups excluding carboxylic acids is 1. The minimum atomic E-state index is -0.260. The first-order chi connectivity index (χ1) is 13.0. The topological polar surface area (TPSA) is 78.5 Å². The fourth-order valence-electron chi connectivity index (χ4n) is 3.10. The van der Waals surface area contributed by atoms with Gasteiger partial charge in [0.15, 0.2) is 11.5 Å². The van der Waals surface area contributed by atoms with Crippen LogP contribution in [0.3, 0.4) is 0 Å². The smallest absolute Gasteiger partial charge is 0.255 e. The predicted molar refractivity (Wildman–Crippen MR) is 100 cm³/mol. The van der Waals surface area contributed by atoms with Crippen molar-refractivity contribution in [2.75, 3.05) is 20.8 Å². The van der Waals surface area contributed by atoms with Crippen molar-refractivity contribution in [2.24, 2.45) is 0 Å². The largest absolute Gasteiger partial charge is 0.493 e. The number of carbonyl (C=O) groups is 1. The molecule has 0 spiro atoms. The van der Waals surface area contributed by atoms with E-state index in [-0.39, 0.29) is 11.9 Å². The summed E-state index contributed by atoms with van der Waals surface area (Å²) in [5.41, 5.74) is 2.30. The molecule has 0 radical (unpaired) electrons. The molecule has 0 saturated heterocycles. The van der Waals surface area contributed by atoms with E-state index >= 15 is 0 Å². The van der Waals surface area contributed by atoms with Crippen LogP contribution in [0.25, 0.3) is 0 Å². The van der Waals surface area contributed by atoms with Crippen LogP contribution in [0.5, 0.6) is 11.5 Å². The molecule has 2 aromatic heterocycles. The number of hydrogen-bond donors (Lipinski definition) is 1. The number of furan rings is 1. The monoisotopic (exact) mass is 369 g/mol. The molecule has 1 amide bonds. The lowest BCUT2D eigenvalue weighted by atomic mass is 10.1. The van der Waals surface area contributed by atoms with Gasteiger partial charge in [-0.15, -0.1) is 0 Å². The summed E-state index contributed by atoms with van der Waals surface area (Å²) in [6, 6.07) is 10.6. The zero-order chi connectivity index (χ0) is 19.4. The minimum absolute atomic E-state index is 0.255. The van der Waals surface area contributed by atoms with Gasteiger partial charge in [-0.1, -0.05) is 6.07 Å². The van der Waals surface area contributed by atoms with Crippen molar-refractivity contribution < 1.29 is 18.7 Å². The first kappa shape index (κ1) is 18.6. The number of amides is 1. The van der Waals surface area contributed by atoms with Crippen LogP contribution in [-0.4, -0.2) is 36.5 Å². The highest BCUT2D eigenvalue weighted by atomic mass is 16.5. The summed E-state index contributed by atoms with van der Waals surface area (Å²) in [5, 5.41) is 7.49. The number of rotatable bonds is 7. The zero-order valence-electron chi connectivity index (χ0n) is 15.9. The minimum Gasteiger partial charge on any atom is -0.493 e. The van der Waals surface area contributed by atoms with Crippen molar-refractivity contribution >= 4 is 5.91 Å². The Kier molecular flexibility index (Phi) is 5.49. The van der Waals surface area contributed by atoms with Gasteiger partial charge in [0.05, 0.1) is 31.7 Å². The second-order valence-electron chi connectivity index (χ2n) is 6.15. The molecule has 142 valence electrons. The second-order valence-corrected chi connectivity index (χ2v) is 6.15. The maximum Gasteiger partial charge on any atom is 0.255 e. The lowest BCUT2D eigenvalue weighted by Gasteiger charge is -2.19. The molecular weight excluding hydrogens is 346 g/mol. The summed E-state index contributed by atoms with van der Waals surface area (Å²) in [7, 11) is 3.05. The molecule has 0 aliphatic carbocycles. The molecule has 7 nitrogen and oxygen atoms in total. The lowest BCUT2D eigenvalue weighted by molar-refractivity contribution is 0.0944. The summed E-state index contributed by atoms with van der Waals surface area (Å²) in [4.78, 5) is 12.8. The molecule has 7 heteroatoms. The number of nitrogens with zero attached hydrogens (tertiary/aromatic N) is 2. The maximum atomic E-state index is 12.8. The van der Waals surface area contributed by atoms with Crippen LogP contribution in [0.2, 0.25) is 0 Å². The predicted octanol–water partition coefficient (Wildman–Crippen LogP) is 3.13. The van der Waals surface area contributed by atoms with Gasteiger partial charge in [-0.3, -0.25) is 9.48 Å². The fraction of sp³-hybridized carbons (Fsp3) is 0.300. The van der Waals surface area contributed by atoms with E-state index in [9.17, 15) is 4.79 Å². The van der Waals surface area contributed by atoms with Gasteiger partial charge in [0, 0.05) is 12.2 Å². The van der Waals surface area contributed by atoms with Gasteiger partial charge in [0.1, 0.15) is 11.8 Å². The van der Waals surface area contributed by atoms with Gasteiger partial charge in [0.25, 0.3) is 5.91 Å². The number of methoxy groups -OCH3 is 2. The van der Waals surface area contributed by atoms with Crippen LogP contribution in [0.15, 0.2) is 47.1 Å². The number of para-hydroxylation sites is 1. The number of nitrogens with one attached hydrogen (secondary N) is 1. The van der Waals surface area contributed by atoms with E-state index in [2.05, 4.69) is 10.4 Å². The third-order valence-electron chi connectivity index (χ3n) is 4.31. The Balaban J connectivity index is 1.84. The summed E-state index contributed by atoms with van der Waals surface area (Å²) < 4.78 is 18.1. The standard InChI is InChI=1S/C20H23N3O4/c1-13-11-14(2)23(22-13)16(17-9-6-10-27-17)12-21-20(24)15-7-5-8-18(25-3)19(15)26-4/h5-11,16H,12H2,1-4H3,(H,21,24). The molecule has 1 N–H and O–H groups in total. The van der Waals surface area contributed by atoms with Gasteiger partial charge in [0.2, 0.25) is 0 Å². The quantitative estimate of drug-likeness (QED) is 0.692. The lowest BCUT2D eigenvalue weighted by Crippen LogP contribution is -2.32. The Hall–Kier alpha value is -3.22. The number of aryl methyl sites for hydroxylation is 2. The SMILES string of the molecule is COc1cccc(C(=O)NCC(c2ccco2)n2nc(C)cc2C)c1OC. The van der Waals surface area contributed by atoms with E-state index in [4.69, 9.17) is 13.9 Å². The van der Waals surface area contributed by atoms with Gasteiger partial charge in [-0.05, 0) is 44.2 Å². The van der Waals surface area contributed by atoms with Crippen LogP contribution in [0, 0.1) is 13.8 Å². The normalized spacial score (nSPS) is 11.9. The summed E-state index contributed by atoms with van der Waals surface area (Å²) >= 11 is 0. The molecule has 2 heterocycles. The van der Waals surface area contributed by atoms with Crippen molar-refractivity contribution in [3.63, 3.8) is 0 Å². The molecule has 27 heavy (non-hydrogen) atoms. The number of aromatic nitrogens is 2. The zero-order valence-corrected chi connectivity index (χ0v) is 15.9. The van der Waals surface area contributed by atoms with Crippen LogP contribution >= 0.6 is 0 Å². The van der Waals surface area contributed by atoms with E-state index in [1.165, 1.54) is 14.2 Å². The molecule has 1 unspecified atom stereocenters. The van der Waals surface area contributed by atoms with E-state index in [0.717, 1.165) is 17.1 Å². The first-order valence-corrected chi connectivity index (χ1v) is 8.60. The molecule has 0 aliphatic rings. The molecule has 3 aromatic rings. The van der Waals surface area contributed by atoms with E-state index in [1.54, 1.807) is 24.5 Å². The first-order valence-electron chi connectivity index (χ1n) is 8.60. The molecule has 1 aromatic carbocycles. The van der Waals surface area contributed by atoms with Gasteiger partial charge < -0.3 is 19.2 Å². The Bertz CT molecular complexity index is 915. The Labute approximate surface area is 157 Å². The molecule has 1 atom stereocenters. The number of hydrogen-bond acceptors (Lipinski definition) is 5. The highest BCUT2D eigenvalue weighted by Gasteiger charge is 2.22. The van der Waals surface area contributed by atoms with E-state index < -0.39 is 0 Å². The van der Waals surface area contributed by atoms with E-state index in [1.807, 2.05) is 36.7 Å². The van der Waals surface area contributed by atoms with Crippen LogP contribution in [-0.2, 0) is 0 Å². The van der Waals surface area contributed by atoms with Crippen molar-refractivity contribution in [2.45, 2.75) is 19.9 Å². The summed E-state index contributed by atoms with van der Waals surface area (Å²) in [6.07, 6.45) is 1.61. The molecule has 0 saturated carbocycles. The van der Waals surface area contributed by atoms with E-state index in [0.29, 0.717) is 23.6 Å². The molecule has 3 rings (SSSR count). The molecule has 0 aliphatic heterocycles.